The molecule has 1 aromatic heterocycles. The lowest BCUT2D eigenvalue weighted by Crippen LogP contribution is -2.48. The summed E-state index contributed by atoms with van der Waals surface area (Å²) in [6, 6.07) is 12.5. The van der Waals surface area contributed by atoms with E-state index < -0.39 is 0 Å². The minimum Gasteiger partial charge on any atom is -0.368 e. The van der Waals surface area contributed by atoms with Crippen LogP contribution in [0.15, 0.2) is 36.4 Å². The van der Waals surface area contributed by atoms with Gasteiger partial charge in [0.2, 0.25) is 5.95 Å². The van der Waals surface area contributed by atoms with Gasteiger partial charge in [0, 0.05) is 31.4 Å². The summed E-state index contributed by atoms with van der Waals surface area (Å²) < 4.78 is 0. The highest BCUT2D eigenvalue weighted by atomic mass is 16.2. The molecule has 27 heavy (non-hydrogen) atoms. The first-order valence-electron chi connectivity index (χ1n) is 9.62. The molecule has 6 nitrogen and oxygen atoms in total. The molecule has 0 aliphatic carbocycles. The van der Waals surface area contributed by atoms with Crippen molar-refractivity contribution >= 4 is 11.9 Å². The molecule has 1 saturated heterocycles. The molecule has 0 radical (unpaired) electrons. The molecule has 2 heterocycles. The first-order chi connectivity index (χ1) is 12.9. The van der Waals surface area contributed by atoms with Crippen LogP contribution in [0.25, 0.3) is 0 Å². The number of piperidine rings is 1. The van der Waals surface area contributed by atoms with Crippen LogP contribution in [0.1, 0.15) is 54.4 Å². The molecule has 1 fully saturated rings. The van der Waals surface area contributed by atoms with Crippen molar-refractivity contribution in [3.05, 3.63) is 53.3 Å². The van der Waals surface area contributed by atoms with Gasteiger partial charge in [-0.15, -0.1) is 0 Å². The van der Waals surface area contributed by atoms with Crippen LogP contribution in [-0.2, 0) is 6.54 Å². The maximum Gasteiger partial charge on any atom is 0.272 e. The third kappa shape index (κ3) is 4.83. The van der Waals surface area contributed by atoms with Crippen LogP contribution in [0.3, 0.4) is 0 Å². The first-order valence-corrected chi connectivity index (χ1v) is 9.62. The number of aromatic nitrogens is 2. The topological polar surface area (TPSA) is 75.4 Å². The Morgan fingerprint density at radius 2 is 2.04 bits per heavy atom. The van der Waals surface area contributed by atoms with E-state index in [0.717, 1.165) is 31.6 Å². The Morgan fingerprint density at radius 3 is 2.74 bits per heavy atom. The molecule has 6 heteroatoms. The molecule has 1 aliphatic rings. The first kappa shape index (κ1) is 19.3. The molecule has 144 valence electrons. The van der Waals surface area contributed by atoms with Gasteiger partial charge in [0.05, 0.1) is 0 Å². The van der Waals surface area contributed by atoms with Crippen molar-refractivity contribution in [2.45, 2.75) is 45.2 Å². The number of nitrogen functional groups attached to an aromatic ring is 1. The van der Waals surface area contributed by atoms with Gasteiger partial charge in [-0.05, 0) is 37.4 Å². The second-order valence-electron chi connectivity index (χ2n) is 7.64. The smallest absolute Gasteiger partial charge is 0.272 e. The number of hydrogen-bond donors (Lipinski definition) is 1. The van der Waals surface area contributed by atoms with Crippen LogP contribution in [0.5, 0.6) is 0 Å². The summed E-state index contributed by atoms with van der Waals surface area (Å²) in [5, 5.41) is 0. The summed E-state index contributed by atoms with van der Waals surface area (Å²) in [5.74, 6) is 0.316. The highest BCUT2D eigenvalue weighted by molar-refractivity contribution is 5.92. The highest BCUT2D eigenvalue weighted by Crippen LogP contribution is 2.20. The third-order valence-corrected chi connectivity index (χ3v) is 5.16. The Hall–Kier alpha value is -2.47. The number of carbonyl (C=O) groups excluding carboxylic acids is 1. The Balaban J connectivity index is 1.69. The zero-order chi connectivity index (χ0) is 19.4. The Bertz CT molecular complexity index is 777. The van der Waals surface area contributed by atoms with Crippen molar-refractivity contribution in [1.29, 1.82) is 0 Å². The molecule has 1 amide bonds. The van der Waals surface area contributed by atoms with Crippen molar-refractivity contribution in [3.63, 3.8) is 0 Å². The molecule has 1 aromatic carbocycles. The molecule has 0 saturated carbocycles. The van der Waals surface area contributed by atoms with Crippen LogP contribution >= 0.6 is 0 Å². The number of carbonyl (C=O) groups is 1. The van der Waals surface area contributed by atoms with Crippen molar-refractivity contribution in [3.8, 4) is 0 Å². The molecule has 2 aromatic rings. The van der Waals surface area contributed by atoms with Gasteiger partial charge in [-0.2, -0.15) is 0 Å². The minimum atomic E-state index is -0.0520. The molecule has 1 atom stereocenters. The maximum absolute atomic E-state index is 13.0. The second kappa shape index (κ2) is 8.48. The molecule has 0 spiro atoms. The number of benzene rings is 1. The Kier molecular flexibility index (Phi) is 6.06. The number of nitrogens with two attached hydrogens (primary N) is 1. The van der Waals surface area contributed by atoms with E-state index in [2.05, 4.69) is 46.2 Å². The minimum absolute atomic E-state index is 0.0520. The van der Waals surface area contributed by atoms with Gasteiger partial charge in [-0.25, -0.2) is 9.97 Å². The zero-order valence-corrected chi connectivity index (χ0v) is 16.4. The lowest BCUT2D eigenvalue weighted by molar-refractivity contribution is 0.0596. The molecular weight excluding hydrogens is 338 g/mol. The third-order valence-electron chi connectivity index (χ3n) is 5.16. The molecule has 1 aliphatic heterocycles. The van der Waals surface area contributed by atoms with Crippen LogP contribution in [0.2, 0.25) is 0 Å². The molecule has 2 N–H and O–H groups in total. The van der Waals surface area contributed by atoms with Gasteiger partial charge in [0.1, 0.15) is 5.69 Å². The fourth-order valence-electron chi connectivity index (χ4n) is 3.55. The van der Waals surface area contributed by atoms with Crippen molar-refractivity contribution < 1.29 is 4.79 Å². The standard InChI is InChI=1S/C21H29N5O/c1-15(2)18-12-19(24-21(22)23-18)20(27)26-11-7-10-17(14-26)25(3)13-16-8-5-4-6-9-16/h4-6,8-9,12,15,17H,7,10-11,13-14H2,1-3H3,(H2,22,23,24)/t17-/m1/s1. The predicted octanol–water partition coefficient (Wildman–Crippen LogP) is 2.92. The zero-order valence-electron chi connectivity index (χ0n) is 16.4. The lowest BCUT2D eigenvalue weighted by Gasteiger charge is -2.37. The van der Waals surface area contributed by atoms with Crippen LogP contribution < -0.4 is 5.73 Å². The monoisotopic (exact) mass is 367 g/mol. The number of hydrogen-bond acceptors (Lipinski definition) is 5. The van der Waals surface area contributed by atoms with Gasteiger partial charge < -0.3 is 10.6 Å². The Morgan fingerprint density at radius 1 is 1.30 bits per heavy atom. The largest absolute Gasteiger partial charge is 0.368 e. The molecule has 0 unspecified atom stereocenters. The maximum atomic E-state index is 13.0. The van der Waals surface area contributed by atoms with Gasteiger partial charge in [0.25, 0.3) is 5.91 Å². The fourth-order valence-corrected chi connectivity index (χ4v) is 3.55. The molecule has 0 bridgehead atoms. The quantitative estimate of drug-likeness (QED) is 0.879. The van der Waals surface area contributed by atoms with E-state index in [4.69, 9.17) is 5.73 Å². The number of anilines is 1. The van der Waals surface area contributed by atoms with E-state index in [9.17, 15) is 4.79 Å². The molecular formula is C21H29N5O. The van der Waals surface area contributed by atoms with E-state index in [1.807, 2.05) is 24.8 Å². The fraction of sp³-hybridized carbons (Fsp3) is 0.476. The summed E-state index contributed by atoms with van der Waals surface area (Å²) in [7, 11) is 2.13. The van der Waals surface area contributed by atoms with Crippen molar-refractivity contribution in [2.75, 3.05) is 25.9 Å². The van der Waals surface area contributed by atoms with E-state index in [0.29, 0.717) is 18.3 Å². The highest BCUT2D eigenvalue weighted by Gasteiger charge is 2.28. The van der Waals surface area contributed by atoms with Crippen LogP contribution in [0, 0.1) is 0 Å². The SMILES string of the molecule is CC(C)c1cc(C(=O)N2CCC[C@@H](N(C)Cc3ccccc3)C2)nc(N)n1. The molecule has 3 rings (SSSR count). The van der Waals surface area contributed by atoms with Gasteiger partial charge >= 0.3 is 0 Å². The summed E-state index contributed by atoms with van der Waals surface area (Å²) in [6.07, 6.45) is 2.09. The van der Waals surface area contributed by atoms with E-state index >= 15 is 0 Å². The van der Waals surface area contributed by atoms with Crippen LogP contribution in [-0.4, -0.2) is 51.9 Å². The van der Waals surface area contributed by atoms with E-state index in [1.165, 1.54) is 5.56 Å². The average molecular weight is 367 g/mol. The van der Waals surface area contributed by atoms with Gasteiger partial charge in [-0.1, -0.05) is 44.2 Å². The van der Waals surface area contributed by atoms with Crippen LogP contribution in [0.4, 0.5) is 5.95 Å². The summed E-state index contributed by atoms with van der Waals surface area (Å²) >= 11 is 0. The average Bonchev–Trinajstić information content (AvgIpc) is 2.67. The van der Waals surface area contributed by atoms with Crippen molar-refractivity contribution in [2.24, 2.45) is 0 Å². The summed E-state index contributed by atoms with van der Waals surface area (Å²) in [6.45, 7) is 6.42. The Labute approximate surface area is 161 Å². The lowest BCUT2D eigenvalue weighted by atomic mass is 10.0. The number of rotatable bonds is 5. The van der Waals surface area contributed by atoms with Gasteiger partial charge in [0.15, 0.2) is 0 Å². The van der Waals surface area contributed by atoms with E-state index in [1.54, 1.807) is 6.07 Å². The number of likely N-dealkylation sites (N-methyl/N-ethyl adjacent to an activating group) is 1. The predicted molar refractivity (Wildman–Crippen MR) is 107 cm³/mol. The summed E-state index contributed by atoms with van der Waals surface area (Å²) in [4.78, 5) is 25.7. The second-order valence-corrected chi connectivity index (χ2v) is 7.64. The number of nitrogens with zero attached hydrogens (tertiary/aromatic N) is 4. The van der Waals surface area contributed by atoms with Gasteiger partial charge in [-0.3, -0.25) is 9.69 Å². The summed E-state index contributed by atoms with van der Waals surface area (Å²) in [5.41, 5.74) is 8.32. The number of amides is 1. The normalized spacial score (nSPS) is 17.5. The number of likely N-dealkylation sites (tertiary alicyclic amines) is 1. The van der Waals surface area contributed by atoms with E-state index in [-0.39, 0.29) is 17.8 Å². The van der Waals surface area contributed by atoms with Crippen molar-refractivity contribution in [1.82, 2.24) is 19.8 Å².